The highest BCUT2D eigenvalue weighted by atomic mass is 19.1. The molecule has 4 N–H and O–H groups in total. The van der Waals surface area contributed by atoms with Gasteiger partial charge in [-0.2, -0.15) is 5.10 Å². The second-order valence-corrected chi connectivity index (χ2v) is 24.5. The Hall–Kier alpha value is -6.54. The van der Waals surface area contributed by atoms with Crippen LogP contribution in [-0.4, -0.2) is 199 Å². The van der Waals surface area contributed by atoms with Crippen molar-refractivity contribution in [2.45, 2.75) is 148 Å². The van der Waals surface area contributed by atoms with E-state index in [1.54, 1.807) is 11.0 Å². The van der Waals surface area contributed by atoms with Gasteiger partial charge in [-0.1, -0.05) is 76.3 Å². The van der Waals surface area contributed by atoms with Crippen LogP contribution in [0.4, 0.5) is 4.39 Å². The molecule has 6 fully saturated rings. The summed E-state index contributed by atoms with van der Waals surface area (Å²) >= 11 is 0. The number of nitrogens with one attached hydrogen (secondary N) is 4. The van der Waals surface area contributed by atoms with Gasteiger partial charge in [-0.3, -0.25) is 48.2 Å². The second kappa shape index (κ2) is 32.8. The number of amides is 7. The molecule has 0 radical (unpaired) electrons. The zero-order valence-electron chi connectivity index (χ0n) is 50.6. The lowest BCUT2D eigenvalue weighted by atomic mass is 9.83. The third-order valence-electron chi connectivity index (χ3n) is 18.4. The number of H-pyrrole nitrogens is 1. The van der Waals surface area contributed by atoms with Gasteiger partial charge in [0.15, 0.2) is 0 Å². The summed E-state index contributed by atoms with van der Waals surface area (Å²) in [6.07, 6.45) is 24.1. The number of unbranched alkanes of at least 4 members (excludes halogenated alkanes) is 1. The van der Waals surface area contributed by atoms with E-state index in [-0.39, 0.29) is 58.9 Å². The molecule has 4 saturated heterocycles. The fourth-order valence-corrected chi connectivity index (χ4v) is 12.9. The molecule has 4 aliphatic heterocycles. The van der Waals surface area contributed by atoms with Gasteiger partial charge in [0, 0.05) is 126 Å². The summed E-state index contributed by atoms with van der Waals surface area (Å²) in [5, 5.41) is 16.3. The average molecular weight is 1180 g/mol. The van der Waals surface area contributed by atoms with Crippen LogP contribution >= 0.6 is 0 Å². The van der Waals surface area contributed by atoms with Gasteiger partial charge in [0.05, 0.1) is 17.8 Å². The molecule has 20 heteroatoms. The highest BCUT2D eigenvalue weighted by Crippen LogP contribution is 2.35. The molecule has 3 unspecified atom stereocenters. The SMILES string of the molecule is CCCC.O=C(NC(C(=O)N1CCN(CC2CCN(CC(=O)N3CCN(C(=O)C4=CC(Cc5n[nH]c(=O)c6c5=CCCC=6)=CCC4F)CC3)CC2)CC1)C1CCCCC1)c1cccc(C2CCCN(C(=O)CC3CC3)C2)c1.O=CNCCNC=O. The number of fused-ring (bicyclic) bond motifs is 1. The molecule has 2 saturated carbocycles. The molecule has 4 aliphatic carbocycles. The molecule has 19 nitrogen and oxygen atoms in total. The minimum absolute atomic E-state index is 0.0365. The predicted molar refractivity (Wildman–Crippen MR) is 326 cm³/mol. The fraction of sp³-hybridized carbons (Fsp3) is 0.646. The van der Waals surface area contributed by atoms with Gasteiger partial charge in [0.25, 0.3) is 17.4 Å². The molecule has 0 spiro atoms. The average Bonchev–Trinajstić information content (AvgIpc) is 4.28. The number of hydrogen-bond donors (Lipinski definition) is 4. The maximum absolute atomic E-state index is 15.3. The van der Waals surface area contributed by atoms with Crippen LogP contribution in [0.25, 0.3) is 12.2 Å². The van der Waals surface area contributed by atoms with E-state index in [9.17, 15) is 38.4 Å². The Morgan fingerprint density at radius 1 is 0.706 bits per heavy atom. The van der Waals surface area contributed by atoms with E-state index in [1.807, 2.05) is 51.1 Å². The zero-order chi connectivity index (χ0) is 60.1. The van der Waals surface area contributed by atoms with Gasteiger partial charge in [-0.15, -0.1) is 0 Å². The summed E-state index contributed by atoms with van der Waals surface area (Å²) in [6, 6.07) is 7.31. The van der Waals surface area contributed by atoms with Gasteiger partial charge in [-0.05, 0) is 124 Å². The van der Waals surface area contributed by atoms with Crippen molar-refractivity contribution in [2.24, 2.45) is 17.8 Å². The minimum Gasteiger partial charge on any atom is -0.357 e. The zero-order valence-corrected chi connectivity index (χ0v) is 50.6. The van der Waals surface area contributed by atoms with Gasteiger partial charge in [0.2, 0.25) is 30.5 Å². The molecule has 10 rings (SSSR count). The number of aromatic nitrogens is 2. The fourth-order valence-electron chi connectivity index (χ4n) is 12.9. The summed E-state index contributed by atoms with van der Waals surface area (Å²) in [5.74, 6) is 1.22. The molecule has 5 heterocycles. The number of hydrogen-bond acceptors (Lipinski definition) is 11. The van der Waals surface area contributed by atoms with Gasteiger partial charge < -0.3 is 35.6 Å². The third kappa shape index (κ3) is 18.7. The molecule has 8 aliphatic rings. The van der Waals surface area contributed by atoms with Crippen molar-refractivity contribution in [3.8, 4) is 0 Å². The summed E-state index contributed by atoms with van der Waals surface area (Å²) in [5.41, 5.74) is 3.09. The van der Waals surface area contributed by atoms with E-state index in [0.717, 1.165) is 126 Å². The van der Waals surface area contributed by atoms with Crippen molar-refractivity contribution in [3.05, 3.63) is 85.2 Å². The molecular weight excluding hydrogens is 1080 g/mol. The topological polar surface area (TPSA) is 221 Å². The molecule has 1 aromatic carbocycles. The highest BCUT2D eigenvalue weighted by Gasteiger charge is 2.37. The maximum Gasteiger partial charge on any atom is 0.271 e. The first-order chi connectivity index (χ1) is 41.3. The van der Waals surface area contributed by atoms with E-state index in [0.29, 0.717) is 119 Å². The van der Waals surface area contributed by atoms with Crippen LogP contribution in [0.2, 0.25) is 0 Å². The number of likely N-dealkylation sites (tertiary alicyclic amines) is 2. The number of carbonyl (C=O) groups excluding carboxylic acids is 7. The normalized spacial score (nSPS) is 21.8. The first-order valence-electron chi connectivity index (χ1n) is 32.0. The number of allylic oxidation sites excluding steroid dienone is 3. The Morgan fingerprint density at radius 2 is 1.38 bits per heavy atom. The van der Waals surface area contributed by atoms with E-state index in [2.05, 4.69) is 55.9 Å². The van der Waals surface area contributed by atoms with E-state index >= 15 is 4.39 Å². The van der Waals surface area contributed by atoms with Crippen molar-refractivity contribution in [1.82, 2.24) is 55.5 Å². The number of piperidine rings is 2. The molecule has 85 heavy (non-hydrogen) atoms. The van der Waals surface area contributed by atoms with Gasteiger partial charge in [0.1, 0.15) is 12.2 Å². The monoisotopic (exact) mass is 1180 g/mol. The Balaban J connectivity index is 0.000000712. The highest BCUT2D eigenvalue weighted by molar-refractivity contribution is 5.98. The van der Waals surface area contributed by atoms with E-state index in [4.69, 9.17) is 0 Å². The number of piperazine rings is 2. The molecule has 0 bridgehead atoms. The summed E-state index contributed by atoms with van der Waals surface area (Å²) in [4.78, 5) is 112. The molecule has 3 atom stereocenters. The molecule has 464 valence electrons. The number of nitrogens with zero attached hydrogens (tertiary/aromatic N) is 7. The summed E-state index contributed by atoms with van der Waals surface area (Å²) in [6.45, 7) is 14.2. The van der Waals surface area contributed by atoms with Gasteiger partial charge >= 0.3 is 0 Å². The molecule has 2 aromatic rings. The van der Waals surface area contributed by atoms with Crippen molar-refractivity contribution in [3.63, 3.8) is 0 Å². The Morgan fingerprint density at radius 3 is 2.05 bits per heavy atom. The summed E-state index contributed by atoms with van der Waals surface area (Å²) in [7, 11) is 0. The standard InChI is InChI=1S/C57H76FN9O6.C4H8N2O2.C4H10/c58-49-18-17-41(33-50-46-13-4-5-14-47(46)55(71)61-60-50)32-48(49)56(72)65-30-28-64(29-31-65)52(69)38-62-22-19-40(20-23-62)36-63-24-26-66(27-25-63)57(73)53(42-8-2-1-3-9-42)59-54(70)44-11-6-10-43(35-44)45-12-7-21-67(37-45)51(68)34-39-15-16-39;7-3-5-1-2-6-4-8;1-3-4-2/h6,10-11,13-14,17,32,35,39-40,42,45,49,53H,1-5,7-9,12,15-16,18-31,33-34,36-38H2,(H,59,70)(H,61,71);3-4H,1-2H2,(H,5,7)(H,6,8);3-4H2,1-2H3. The Kier molecular flexibility index (Phi) is 24.9. The number of alkyl halides is 1. The van der Waals surface area contributed by atoms with Crippen molar-refractivity contribution in [1.29, 1.82) is 0 Å². The van der Waals surface area contributed by atoms with E-state index < -0.39 is 12.2 Å². The van der Waals surface area contributed by atoms with Crippen LogP contribution in [0.5, 0.6) is 0 Å². The number of halogens is 1. The smallest absolute Gasteiger partial charge is 0.271 e. The van der Waals surface area contributed by atoms with Crippen molar-refractivity contribution < 1.29 is 38.0 Å². The third-order valence-corrected chi connectivity index (χ3v) is 18.4. The minimum atomic E-state index is -1.40. The van der Waals surface area contributed by atoms with Crippen LogP contribution < -0.4 is 31.9 Å². The van der Waals surface area contributed by atoms with Crippen LogP contribution in [0.3, 0.4) is 0 Å². The first kappa shape index (κ1) is 64.5. The second-order valence-electron chi connectivity index (χ2n) is 24.5. The van der Waals surface area contributed by atoms with Gasteiger partial charge in [-0.25, -0.2) is 9.49 Å². The van der Waals surface area contributed by atoms with Crippen LogP contribution in [0, 0.1) is 17.8 Å². The lowest BCUT2D eigenvalue weighted by molar-refractivity contribution is -0.139. The largest absolute Gasteiger partial charge is 0.357 e. The maximum atomic E-state index is 15.3. The van der Waals surface area contributed by atoms with Crippen molar-refractivity contribution >= 4 is 54.5 Å². The quantitative estimate of drug-likeness (QED) is 0.110. The van der Waals surface area contributed by atoms with Crippen LogP contribution in [0.1, 0.15) is 151 Å². The molecule has 1 aromatic heterocycles. The van der Waals surface area contributed by atoms with Crippen LogP contribution in [-0.2, 0) is 35.2 Å². The number of benzene rings is 1. The molecule has 7 amide bonds. The number of aromatic amines is 1. The predicted octanol–water partition coefficient (Wildman–Crippen LogP) is 3.96. The summed E-state index contributed by atoms with van der Waals surface area (Å²) < 4.78 is 15.3. The number of carbonyl (C=O) groups is 7. The van der Waals surface area contributed by atoms with E-state index in [1.165, 1.54) is 25.7 Å². The number of rotatable bonds is 20. The molecular formula is C65H94FN11O8. The van der Waals surface area contributed by atoms with Crippen LogP contribution in [0.15, 0.2) is 52.4 Å². The Bertz CT molecular complexity index is 2830. The first-order valence-corrected chi connectivity index (χ1v) is 32.0. The van der Waals surface area contributed by atoms with Crippen molar-refractivity contribution in [2.75, 3.05) is 105 Å². The Labute approximate surface area is 501 Å². The lowest BCUT2D eigenvalue weighted by Gasteiger charge is -2.41. The lowest BCUT2D eigenvalue weighted by Crippen LogP contribution is -2.57.